The van der Waals surface area contributed by atoms with E-state index in [0.717, 1.165) is 20.8 Å². The highest BCUT2D eigenvalue weighted by Crippen LogP contribution is 2.39. The first-order valence-corrected chi connectivity index (χ1v) is 10.3. The zero-order chi connectivity index (χ0) is 17.2. The Morgan fingerprint density at radius 2 is 1.00 bits per heavy atom. The normalized spacial score (nSPS) is 11.1. The third-order valence-electron chi connectivity index (χ3n) is 3.84. The molecule has 0 fully saturated rings. The number of aryl methyl sites for hydroxylation is 2. The summed E-state index contributed by atoms with van der Waals surface area (Å²) in [6.45, 7) is 4.21. The number of rotatable bonds is 4. The average Bonchev–Trinajstić information content (AvgIpc) is 3.11. The summed E-state index contributed by atoms with van der Waals surface area (Å²) in [4.78, 5) is 4.75. The van der Waals surface area contributed by atoms with Crippen LogP contribution in [0.5, 0.6) is 0 Å². The Balaban J connectivity index is 1.66. The molecule has 0 N–H and O–H groups in total. The van der Waals surface area contributed by atoms with Crippen molar-refractivity contribution in [1.82, 2.24) is 8.75 Å². The molecule has 0 aliphatic rings. The van der Waals surface area contributed by atoms with Crippen molar-refractivity contribution in [2.24, 2.45) is 0 Å². The van der Waals surface area contributed by atoms with Gasteiger partial charge in [-0.3, -0.25) is 0 Å². The van der Waals surface area contributed by atoms with E-state index >= 15 is 0 Å². The third-order valence-corrected chi connectivity index (χ3v) is 6.48. The molecule has 3 aromatic carbocycles. The highest BCUT2D eigenvalue weighted by molar-refractivity contribution is 8.00. The van der Waals surface area contributed by atoms with Crippen LogP contribution in [-0.2, 0) is 0 Å². The lowest BCUT2D eigenvalue weighted by Crippen LogP contribution is -1.82. The van der Waals surface area contributed by atoms with Gasteiger partial charge in [-0.25, -0.2) is 0 Å². The Labute approximate surface area is 160 Å². The Morgan fingerprint density at radius 1 is 0.600 bits per heavy atom. The minimum atomic E-state index is 0.993. The van der Waals surface area contributed by atoms with Crippen molar-refractivity contribution < 1.29 is 0 Å². The van der Waals surface area contributed by atoms with Crippen LogP contribution in [0.2, 0.25) is 0 Å². The van der Waals surface area contributed by atoms with Crippen LogP contribution < -0.4 is 0 Å². The summed E-state index contributed by atoms with van der Waals surface area (Å²) in [7, 11) is 0. The molecular weight excluding hydrogens is 364 g/mol. The van der Waals surface area contributed by atoms with Gasteiger partial charge in [0.2, 0.25) is 0 Å². The zero-order valence-electron chi connectivity index (χ0n) is 13.9. The van der Waals surface area contributed by atoms with Crippen LogP contribution in [0.15, 0.2) is 80.2 Å². The van der Waals surface area contributed by atoms with Gasteiger partial charge < -0.3 is 0 Å². The van der Waals surface area contributed by atoms with Gasteiger partial charge in [-0.15, -0.1) is 0 Å². The molecule has 0 saturated carbocycles. The summed E-state index contributed by atoms with van der Waals surface area (Å²) in [5.41, 5.74) is 4.53. The molecule has 25 heavy (non-hydrogen) atoms. The maximum absolute atomic E-state index is 4.55. The maximum Gasteiger partial charge on any atom is 0.119 e. The van der Waals surface area contributed by atoms with Crippen LogP contribution in [0.1, 0.15) is 11.1 Å². The molecule has 124 valence electrons. The molecule has 0 unspecified atom stereocenters. The number of hydrogen-bond acceptors (Lipinski definition) is 5. The Kier molecular flexibility index (Phi) is 4.79. The fourth-order valence-corrected chi connectivity index (χ4v) is 4.94. The zero-order valence-corrected chi connectivity index (χ0v) is 16.3. The fourth-order valence-electron chi connectivity index (χ4n) is 2.45. The summed E-state index contributed by atoms with van der Waals surface area (Å²) in [6, 6.07) is 21.5. The second-order valence-electron chi connectivity index (χ2n) is 5.85. The van der Waals surface area contributed by atoms with E-state index in [1.165, 1.54) is 32.6 Å². The van der Waals surface area contributed by atoms with Crippen molar-refractivity contribution in [2.45, 2.75) is 33.4 Å². The van der Waals surface area contributed by atoms with Gasteiger partial charge in [0, 0.05) is 19.6 Å². The predicted octanol–water partition coefficient (Wildman–Crippen LogP) is 6.61. The Hall–Kier alpha value is -1.82. The van der Waals surface area contributed by atoms with Gasteiger partial charge in [0.1, 0.15) is 11.0 Å². The number of benzene rings is 3. The molecule has 0 aliphatic heterocycles. The summed E-state index contributed by atoms with van der Waals surface area (Å²) >= 11 is 4.77. The van der Waals surface area contributed by atoms with E-state index in [-0.39, 0.29) is 0 Å². The van der Waals surface area contributed by atoms with Gasteiger partial charge in [-0.05, 0) is 50.2 Å². The predicted molar refractivity (Wildman–Crippen MR) is 108 cm³/mol. The summed E-state index contributed by atoms with van der Waals surface area (Å²) in [5, 5.41) is 0. The van der Waals surface area contributed by atoms with Crippen molar-refractivity contribution in [3.63, 3.8) is 0 Å². The quantitative estimate of drug-likeness (QED) is 0.398. The molecule has 0 radical (unpaired) electrons. The second kappa shape index (κ2) is 7.20. The molecule has 4 rings (SSSR count). The maximum atomic E-state index is 4.55. The first-order chi connectivity index (χ1) is 12.2. The lowest BCUT2D eigenvalue weighted by Gasteiger charge is -2.07. The van der Waals surface area contributed by atoms with Crippen LogP contribution >= 0.6 is 35.3 Å². The SMILES string of the molecule is Cc1ccc(Sc2ccc(Sc3ccc(C)cc3)c3nsnc23)cc1. The molecule has 4 aromatic rings. The fraction of sp³-hybridized carbons (Fsp3) is 0.100. The van der Waals surface area contributed by atoms with E-state index in [1.54, 1.807) is 23.5 Å². The smallest absolute Gasteiger partial charge is 0.119 e. The first kappa shape index (κ1) is 16.6. The molecule has 0 spiro atoms. The molecule has 0 amide bonds. The first-order valence-electron chi connectivity index (χ1n) is 7.93. The molecule has 0 bridgehead atoms. The number of aromatic nitrogens is 2. The van der Waals surface area contributed by atoms with Gasteiger partial charge in [-0.2, -0.15) is 8.75 Å². The van der Waals surface area contributed by atoms with Crippen LogP contribution in [-0.4, -0.2) is 8.75 Å². The summed E-state index contributed by atoms with van der Waals surface area (Å²) < 4.78 is 9.09. The Bertz CT molecular complexity index is 924. The molecule has 1 aromatic heterocycles. The minimum Gasteiger partial charge on any atom is -0.172 e. The Morgan fingerprint density at radius 3 is 1.40 bits per heavy atom. The number of hydrogen-bond donors (Lipinski definition) is 0. The summed E-state index contributed by atoms with van der Waals surface area (Å²) in [5.74, 6) is 0. The summed E-state index contributed by atoms with van der Waals surface area (Å²) in [6.07, 6.45) is 0. The standard InChI is InChI=1S/C20H16N2S3/c1-13-3-7-15(8-4-13)23-17-11-12-18(20-19(17)21-25-22-20)24-16-9-5-14(2)6-10-16/h3-12H,1-2H3. The monoisotopic (exact) mass is 380 g/mol. The lowest BCUT2D eigenvalue weighted by molar-refractivity contribution is 1.34. The highest BCUT2D eigenvalue weighted by atomic mass is 32.2. The van der Waals surface area contributed by atoms with Crippen LogP contribution in [0.3, 0.4) is 0 Å². The molecule has 0 atom stereocenters. The number of nitrogens with zero attached hydrogens (tertiary/aromatic N) is 2. The molecule has 0 saturated heterocycles. The molecule has 0 aliphatic carbocycles. The van der Waals surface area contributed by atoms with E-state index in [9.17, 15) is 0 Å². The van der Waals surface area contributed by atoms with Crippen LogP contribution in [0, 0.1) is 13.8 Å². The molecule has 2 nitrogen and oxygen atoms in total. The largest absolute Gasteiger partial charge is 0.172 e. The van der Waals surface area contributed by atoms with E-state index in [2.05, 4.69) is 83.3 Å². The average molecular weight is 381 g/mol. The molecule has 5 heteroatoms. The van der Waals surface area contributed by atoms with Crippen LogP contribution in [0.25, 0.3) is 11.0 Å². The van der Waals surface area contributed by atoms with Gasteiger partial charge in [-0.1, -0.05) is 58.9 Å². The van der Waals surface area contributed by atoms with Crippen LogP contribution in [0.4, 0.5) is 0 Å². The minimum absolute atomic E-state index is 0.993. The van der Waals surface area contributed by atoms with Gasteiger partial charge in [0.25, 0.3) is 0 Å². The van der Waals surface area contributed by atoms with Gasteiger partial charge in [0.15, 0.2) is 0 Å². The lowest BCUT2D eigenvalue weighted by atomic mass is 10.2. The van der Waals surface area contributed by atoms with E-state index in [4.69, 9.17) is 0 Å². The van der Waals surface area contributed by atoms with Gasteiger partial charge >= 0.3 is 0 Å². The van der Waals surface area contributed by atoms with Crippen molar-refractivity contribution in [1.29, 1.82) is 0 Å². The molecule has 1 heterocycles. The second-order valence-corrected chi connectivity index (χ2v) is 8.61. The van der Waals surface area contributed by atoms with Crippen molar-refractivity contribution in [3.8, 4) is 0 Å². The van der Waals surface area contributed by atoms with Crippen molar-refractivity contribution >= 4 is 46.3 Å². The molecular formula is C20H16N2S3. The van der Waals surface area contributed by atoms with Crippen molar-refractivity contribution in [2.75, 3.05) is 0 Å². The van der Waals surface area contributed by atoms with E-state index < -0.39 is 0 Å². The topological polar surface area (TPSA) is 25.8 Å². The van der Waals surface area contributed by atoms with Gasteiger partial charge in [0.05, 0.1) is 11.7 Å². The van der Waals surface area contributed by atoms with E-state index in [1.807, 2.05) is 0 Å². The van der Waals surface area contributed by atoms with Crippen molar-refractivity contribution in [3.05, 3.63) is 71.8 Å². The highest BCUT2D eigenvalue weighted by Gasteiger charge is 2.12. The van der Waals surface area contributed by atoms with E-state index in [0.29, 0.717) is 0 Å². The third kappa shape index (κ3) is 3.73. The number of fused-ring (bicyclic) bond motifs is 1.